The van der Waals surface area contributed by atoms with Crippen LogP contribution in [0.1, 0.15) is 19.4 Å². The summed E-state index contributed by atoms with van der Waals surface area (Å²) >= 11 is 0. The van der Waals surface area contributed by atoms with E-state index in [0.29, 0.717) is 12.1 Å². The summed E-state index contributed by atoms with van der Waals surface area (Å²) in [7, 11) is 1.59. The fraction of sp³-hybridized carbons (Fsp3) is 0.400. The van der Waals surface area contributed by atoms with Gasteiger partial charge in [-0.3, -0.25) is 0 Å². The van der Waals surface area contributed by atoms with Crippen LogP contribution in [0.15, 0.2) is 12.1 Å². The minimum Gasteiger partial charge on any atom is -0.311 e. The van der Waals surface area contributed by atoms with Gasteiger partial charge in [0.2, 0.25) is 0 Å². The van der Waals surface area contributed by atoms with E-state index in [4.69, 9.17) is 0 Å². The number of rotatable bonds is 2. The molecular formula is C10H12F3N. The molecule has 0 fully saturated rings. The summed E-state index contributed by atoms with van der Waals surface area (Å²) in [4.78, 5) is 0. The first-order chi connectivity index (χ1) is 6.38. The SMILES string of the molecule is CNC(C)(C)c1c(F)cc(F)cc1F. The van der Waals surface area contributed by atoms with Gasteiger partial charge in [0.1, 0.15) is 17.5 Å². The van der Waals surface area contributed by atoms with E-state index >= 15 is 0 Å². The summed E-state index contributed by atoms with van der Waals surface area (Å²) in [6.07, 6.45) is 0. The average Bonchev–Trinajstić information content (AvgIpc) is 2.01. The maximum Gasteiger partial charge on any atom is 0.134 e. The largest absolute Gasteiger partial charge is 0.311 e. The summed E-state index contributed by atoms with van der Waals surface area (Å²) in [5, 5.41) is 2.76. The molecular weight excluding hydrogens is 191 g/mol. The highest BCUT2D eigenvalue weighted by molar-refractivity contribution is 5.27. The molecule has 1 N–H and O–H groups in total. The molecule has 14 heavy (non-hydrogen) atoms. The number of benzene rings is 1. The van der Waals surface area contributed by atoms with Gasteiger partial charge in [-0.2, -0.15) is 0 Å². The van der Waals surface area contributed by atoms with Gasteiger partial charge in [-0.15, -0.1) is 0 Å². The molecule has 0 amide bonds. The smallest absolute Gasteiger partial charge is 0.134 e. The highest BCUT2D eigenvalue weighted by atomic mass is 19.1. The Morgan fingerprint density at radius 1 is 1.07 bits per heavy atom. The Hall–Kier alpha value is -1.03. The van der Waals surface area contributed by atoms with E-state index in [0.717, 1.165) is 0 Å². The first-order valence-electron chi connectivity index (χ1n) is 4.22. The zero-order valence-electron chi connectivity index (χ0n) is 8.29. The van der Waals surface area contributed by atoms with Crippen LogP contribution in [0.2, 0.25) is 0 Å². The second kappa shape index (κ2) is 3.61. The molecule has 78 valence electrons. The molecule has 0 unspecified atom stereocenters. The molecule has 0 bridgehead atoms. The van der Waals surface area contributed by atoms with Crippen LogP contribution in [-0.4, -0.2) is 7.05 Å². The molecule has 0 spiro atoms. The molecule has 0 heterocycles. The van der Waals surface area contributed by atoms with Gasteiger partial charge in [-0.05, 0) is 20.9 Å². The van der Waals surface area contributed by atoms with Crippen molar-refractivity contribution in [3.8, 4) is 0 Å². The summed E-state index contributed by atoms with van der Waals surface area (Å²) in [6.45, 7) is 3.23. The third-order valence-corrected chi connectivity index (χ3v) is 2.26. The molecule has 0 atom stereocenters. The van der Waals surface area contributed by atoms with Gasteiger partial charge in [0.05, 0.1) is 0 Å². The molecule has 0 aromatic heterocycles. The zero-order chi connectivity index (χ0) is 10.9. The first-order valence-corrected chi connectivity index (χ1v) is 4.22. The fourth-order valence-electron chi connectivity index (χ4n) is 1.26. The third kappa shape index (κ3) is 1.90. The molecule has 0 aliphatic rings. The lowest BCUT2D eigenvalue weighted by atomic mass is 9.93. The Morgan fingerprint density at radius 3 is 1.86 bits per heavy atom. The number of nitrogens with one attached hydrogen (secondary N) is 1. The molecule has 0 radical (unpaired) electrons. The maximum absolute atomic E-state index is 13.3. The Morgan fingerprint density at radius 2 is 1.50 bits per heavy atom. The van der Waals surface area contributed by atoms with Crippen molar-refractivity contribution in [1.29, 1.82) is 0 Å². The standard InChI is InChI=1S/C10H12F3N/c1-10(2,14-3)9-7(12)4-6(11)5-8(9)13/h4-5,14H,1-3H3. The van der Waals surface area contributed by atoms with E-state index in [2.05, 4.69) is 5.32 Å². The molecule has 1 aromatic rings. The molecule has 0 saturated carbocycles. The summed E-state index contributed by atoms with van der Waals surface area (Å²) < 4.78 is 39.1. The van der Waals surface area contributed by atoms with Crippen LogP contribution < -0.4 is 5.32 Å². The lowest BCUT2D eigenvalue weighted by molar-refractivity contribution is 0.390. The van der Waals surface area contributed by atoms with Crippen molar-refractivity contribution in [1.82, 2.24) is 5.32 Å². The van der Waals surface area contributed by atoms with Crippen molar-refractivity contribution in [2.24, 2.45) is 0 Å². The summed E-state index contributed by atoms with van der Waals surface area (Å²) in [5.74, 6) is -2.65. The predicted octanol–water partition coefficient (Wildman–Crippen LogP) is 2.56. The van der Waals surface area contributed by atoms with Gasteiger partial charge in [-0.25, -0.2) is 13.2 Å². The molecule has 1 nitrogen and oxygen atoms in total. The monoisotopic (exact) mass is 203 g/mol. The van der Waals surface area contributed by atoms with Gasteiger partial charge in [0.15, 0.2) is 0 Å². The van der Waals surface area contributed by atoms with Crippen LogP contribution in [0.25, 0.3) is 0 Å². The Balaban J connectivity index is 3.35. The van der Waals surface area contributed by atoms with E-state index < -0.39 is 23.0 Å². The highest BCUT2D eigenvalue weighted by Crippen LogP contribution is 2.26. The van der Waals surface area contributed by atoms with Crippen LogP contribution in [0.5, 0.6) is 0 Å². The van der Waals surface area contributed by atoms with Gasteiger partial charge in [-0.1, -0.05) is 0 Å². The lowest BCUT2D eigenvalue weighted by Gasteiger charge is -2.25. The Bertz CT molecular complexity index is 324. The minimum atomic E-state index is -0.907. The summed E-state index contributed by atoms with van der Waals surface area (Å²) in [5.41, 5.74) is -1.01. The van der Waals surface area contributed by atoms with Crippen molar-refractivity contribution in [3.05, 3.63) is 35.1 Å². The maximum atomic E-state index is 13.3. The molecule has 0 aliphatic carbocycles. The second-order valence-electron chi connectivity index (χ2n) is 3.62. The number of halogens is 3. The van der Waals surface area contributed by atoms with Crippen molar-refractivity contribution >= 4 is 0 Å². The van der Waals surface area contributed by atoms with Crippen molar-refractivity contribution in [2.45, 2.75) is 19.4 Å². The Kier molecular flexibility index (Phi) is 2.85. The van der Waals surface area contributed by atoms with E-state index in [1.807, 2.05) is 0 Å². The van der Waals surface area contributed by atoms with Gasteiger partial charge >= 0.3 is 0 Å². The second-order valence-corrected chi connectivity index (χ2v) is 3.62. The van der Waals surface area contributed by atoms with Crippen molar-refractivity contribution < 1.29 is 13.2 Å². The first kappa shape index (κ1) is 11.0. The van der Waals surface area contributed by atoms with Gasteiger partial charge < -0.3 is 5.32 Å². The fourth-order valence-corrected chi connectivity index (χ4v) is 1.26. The Labute approximate surface area is 80.9 Å². The highest BCUT2D eigenvalue weighted by Gasteiger charge is 2.26. The third-order valence-electron chi connectivity index (χ3n) is 2.26. The molecule has 1 aromatic carbocycles. The van der Waals surface area contributed by atoms with Crippen LogP contribution in [-0.2, 0) is 5.54 Å². The van der Waals surface area contributed by atoms with Gasteiger partial charge in [0, 0.05) is 23.2 Å². The quantitative estimate of drug-likeness (QED) is 0.778. The average molecular weight is 203 g/mol. The van der Waals surface area contributed by atoms with Crippen molar-refractivity contribution in [3.63, 3.8) is 0 Å². The van der Waals surface area contributed by atoms with E-state index in [-0.39, 0.29) is 5.56 Å². The minimum absolute atomic E-state index is 0.151. The van der Waals surface area contributed by atoms with E-state index in [9.17, 15) is 13.2 Å². The lowest BCUT2D eigenvalue weighted by Crippen LogP contribution is -2.35. The molecule has 0 aliphatic heterocycles. The molecule has 1 rings (SSSR count). The normalized spacial score (nSPS) is 11.9. The topological polar surface area (TPSA) is 12.0 Å². The van der Waals surface area contributed by atoms with Crippen LogP contribution in [0.4, 0.5) is 13.2 Å². The van der Waals surface area contributed by atoms with Crippen molar-refractivity contribution in [2.75, 3.05) is 7.05 Å². The molecule has 4 heteroatoms. The number of hydrogen-bond acceptors (Lipinski definition) is 1. The van der Waals surface area contributed by atoms with E-state index in [1.54, 1.807) is 20.9 Å². The summed E-state index contributed by atoms with van der Waals surface area (Å²) in [6, 6.07) is 1.36. The zero-order valence-corrected chi connectivity index (χ0v) is 8.29. The van der Waals surface area contributed by atoms with Gasteiger partial charge in [0.25, 0.3) is 0 Å². The van der Waals surface area contributed by atoms with Crippen LogP contribution in [0.3, 0.4) is 0 Å². The number of hydrogen-bond donors (Lipinski definition) is 1. The van der Waals surface area contributed by atoms with Crippen LogP contribution in [0, 0.1) is 17.5 Å². The van der Waals surface area contributed by atoms with Crippen LogP contribution >= 0.6 is 0 Å². The molecule has 0 saturated heterocycles. The predicted molar refractivity (Wildman–Crippen MR) is 48.4 cm³/mol. The van der Waals surface area contributed by atoms with E-state index in [1.165, 1.54) is 0 Å².